The largest absolute Gasteiger partial charge is 0.458 e. The predicted octanol–water partition coefficient (Wildman–Crippen LogP) is 5.27. The smallest absolute Gasteiger partial charge is 0.313 e. The molecule has 0 bridgehead atoms. The molecule has 134 valence electrons. The zero-order valence-corrected chi connectivity index (χ0v) is 15.2. The first-order valence-corrected chi connectivity index (χ1v) is 9.62. The fraction of sp³-hybridized carbons (Fsp3) is 0.667. The molecule has 3 nitrogen and oxygen atoms in total. The third-order valence-electron chi connectivity index (χ3n) is 4.84. The van der Waals surface area contributed by atoms with Gasteiger partial charge in [0.2, 0.25) is 0 Å². The average Bonchev–Trinajstić information content (AvgIpc) is 2.61. The van der Waals surface area contributed by atoms with Crippen molar-refractivity contribution < 1.29 is 14.3 Å². The third kappa shape index (κ3) is 5.62. The van der Waals surface area contributed by atoms with Crippen LogP contribution in [0.5, 0.6) is 0 Å². The Kier molecular flexibility index (Phi) is 8.31. The van der Waals surface area contributed by atoms with E-state index in [-0.39, 0.29) is 24.1 Å². The van der Waals surface area contributed by atoms with E-state index in [1.807, 2.05) is 18.2 Å². The number of esters is 1. The van der Waals surface area contributed by atoms with Gasteiger partial charge in [-0.3, -0.25) is 4.79 Å². The molecule has 24 heavy (non-hydrogen) atoms. The lowest BCUT2D eigenvalue weighted by atomic mass is 9.85. The van der Waals surface area contributed by atoms with Gasteiger partial charge in [0.25, 0.3) is 0 Å². The van der Waals surface area contributed by atoms with Crippen LogP contribution in [0.25, 0.3) is 0 Å². The summed E-state index contributed by atoms with van der Waals surface area (Å²) in [4.78, 5) is 11.9. The van der Waals surface area contributed by atoms with Crippen LogP contribution in [-0.4, -0.2) is 18.2 Å². The molecule has 0 aromatic heterocycles. The van der Waals surface area contributed by atoms with E-state index >= 15 is 0 Å². The Balaban J connectivity index is 1.87. The molecule has 0 radical (unpaired) electrons. The summed E-state index contributed by atoms with van der Waals surface area (Å²) >= 11 is 0. The van der Waals surface area contributed by atoms with Crippen LogP contribution in [0.1, 0.15) is 70.8 Å². The quantitative estimate of drug-likeness (QED) is 0.386. The number of cyclic esters (lactones) is 1. The summed E-state index contributed by atoms with van der Waals surface area (Å²) < 4.78 is 11.7. The van der Waals surface area contributed by atoms with Crippen molar-refractivity contribution in [2.75, 3.05) is 0 Å². The Morgan fingerprint density at radius 3 is 2.46 bits per heavy atom. The van der Waals surface area contributed by atoms with E-state index in [0.29, 0.717) is 6.61 Å². The minimum absolute atomic E-state index is 0.0266. The van der Waals surface area contributed by atoms with Crippen molar-refractivity contribution in [1.29, 1.82) is 0 Å². The summed E-state index contributed by atoms with van der Waals surface area (Å²) in [6.07, 6.45) is 8.92. The number of ether oxygens (including phenoxy) is 2. The van der Waals surface area contributed by atoms with Gasteiger partial charge < -0.3 is 9.47 Å². The van der Waals surface area contributed by atoms with Gasteiger partial charge in [-0.25, -0.2) is 0 Å². The molecule has 1 aliphatic rings. The predicted molar refractivity (Wildman–Crippen MR) is 96.7 cm³/mol. The molecule has 2 rings (SSSR count). The zero-order valence-electron chi connectivity index (χ0n) is 15.2. The second kappa shape index (κ2) is 10.5. The van der Waals surface area contributed by atoms with Crippen molar-refractivity contribution in [3.8, 4) is 0 Å². The first-order chi connectivity index (χ1) is 11.8. The Bertz CT molecular complexity index is 471. The molecule has 1 heterocycles. The van der Waals surface area contributed by atoms with Crippen molar-refractivity contribution in [2.24, 2.45) is 5.92 Å². The van der Waals surface area contributed by atoms with Gasteiger partial charge in [-0.1, -0.05) is 82.7 Å². The molecule has 3 atom stereocenters. The number of carbonyl (C=O) groups is 1. The van der Waals surface area contributed by atoms with Crippen LogP contribution in [0.15, 0.2) is 30.3 Å². The van der Waals surface area contributed by atoms with E-state index in [2.05, 4.69) is 26.0 Å². The molecule has 0 amide bonds. The first-order valence-electron chi connectivity index (χ1n) is 9.62. The molecule has 1 aromatic carbocycles. The maximum Gasteiger partial charge on any atom is 0.313 e. The summed E-state index contributed by atoms with van der Waals surface area (Å²) in [6.45, 7) is 4.98. The van der Waals surface area contributed by atoms with Crippen LogP contribution in [0.3, 0.4) is 0 Å². The van der Waals surface area contributed by atoms with Gasteiger partial charge in [0, 0.05) is 0 Å². The molecule has 0 spiro atoms. The van der Waals surface area contributed by atoms with Crippen molar-refractivity contribution >= 4 is 5.97 Å². The number of unbranched alkanes of at least 4 members (excludes halogenated alkanes) is 4. The molecular formula is C21H32O3. The Hall–Kier alpha value is -1.35. The van der Waals surface area contributed by atoms with Gasteiger partial charge in [0.05, 0.1) is 18.6 Å². The van der Waals surface area contributed by atoms with Gasteiger partial charge in [-0.15, -0.1) is 0 Å². The maximum atomic E-state index is 11.9. The number of rotatable bonds is 12. The summed E-state index contributed by atoms with van der Waals surface area (Å²) in [6, 6.07) is 10.2. The number of hydrogen-bond donors (Lipinski definition) is 0. The van der Waals surface area contributed by atoms with Gasteiger partial charge in [-0.05, 0) is 18.4 Å². The molecule has 1 aromatic rings. The van der Waals surface area contributed by atoms with E-state index in [4.69, 9.17) is 9.47 Å². The third-order valence-corrected chi connectivity index (χ3v) is 4.84. The number of hydrogen-bond acceptors (Lipinski definition) is 3. The molecule has 1 fully saturated rings. The van der Waals surface area contributed by atoms with E-state index in [1.165, 1.54) is 24.8 Å². The highest BCUT2D eigenvalue weighted by atomic mass is 16.6. The zero-order chi connectivity index (χ0) is 17.2. The van der Waals surface area contributed by atoms with E-state index in [1.54, 1.807) is 0 Å². The van der Waals surface area contributed by atoms with E-state index in [9.17, 15) is 4.79 Å². The van der Waals surface area contributed by atoms with Gasteiger partial charge >= 0.3 is 5.97 Å². The Morgan fingerprint density at radius 1 is 1.04 bits per heavy atom. The van der Waals surface area contributed by atoms with Crippen molar-refractivity contribution in [1.82, 2.24) is 0 Å². The molecule has 1 aliphatic heterocycles. The molecule has 0 N–H and O–H groups in total. The lowest BCUT2D eigenvalue weighted by Crippen LogP contribution is -2.52. The fourth-order valence-corrected chi connectivity index (χ4v) is 3.30. The van der Waals surface area contributed by atoms with Crippen LogP contribution in [0.4, 0.5) is 0 Å². The molecule has 1 saturated heterocycles. The Labute approximate surface area is 146 Å². The monoisotopic (exact) mass is 332 g/mol. The van der Waals surface area contributed by atoms with Gasteiger partial charge in [-0.2, -0.15) is 0 Å². The van der Waals surface area contributed by atoms with Crippen LogP contribution in [0, 0.1) is 5.92 Å². The molecule has 3 heteroatoms. The highest BCUT2D eigenvalue weighted by Crippen LogP contribution is 2.33. The lowest BCUT2D eigenvalue weighted by molar-refractivity contribution is -0.205. The highest BCUT2D eigenvalue weighted by molar-refractivity contribution is 5.78. The second-order valence-corrected chi connectivity index (χ2v) is 6.83. The normalized spacial score (nSPS) is 21.2. The average molecular weight is 332 g/mol. The lowest BCUT2D eigenvalue weighted by Gasteiger charge is -2.40. The topological polar surface area (TPSA) is 35.5 Å². The van der Waals surface area contributed by atoms with E-state index < -0.39 is 0 Å². The maximum absolute atomic E-state index is 11.9. The molecule has 3 unspecified atom stereocenters. The molecule has 0 aliphatic carbocycles. The van der Waals surface area contributed by atoms with Crippen LogP contribution >= 0.6 is 0 Å². The van der Waals surface area contributed by atoms with Crippen molar-refractivity contribution in [3.05, 3.63) is 35.9 Å². The Morgan fingerprint density at radius 2 is 1.79 bits per heavy atom. The first kappa shape index (κ1) is 19.0. The van der Waals surface area contributed by atoms with Crippen LogP contribution in [0.2, 0.25) is 0 Å². The second-order valence-electron chi connectivity index (χ2n) is 6.83. The summed E-state index contributed by atoms with van der Waals surface area (Å²) in [5.74, 6) is 0.0146. The molecular weight excluding hydrogens is 300 g/mol. The standard InChI is InChI=1S/C21H32O3/c1-3-5-7-11-14-18-20(24-21(18)22)19(15-6-4-2)23-16-17-12-9-8-10-13-17/h8-10,12-13,18-20H,3-7,11,14-16H2,1-2H3. The number of benzene rings is 1. The SMILES string of the molecule is CCCCCCC1C(=O)OC1C(CCCC)OCc1ccccc1. The summed E-state index contributed by atoms with van der Waals surface area (Å²) in [5.41, 5.74) is 1.17. The highest BCUT2D eigenvalue weighted by Gasteiger charge is 2.46. The van der Waals surface area contributed by atoms with E-state index in [0.717, 1.165) is 32.1 Å². The van der Waals surface area contributed by atoms with Crippen molar-refractivity contribution in [3.63, 3.8) is 0 Å². The summed E-state index contributed by atoms with van der Waals surface area (Å²) in [7, 11) is 0. The minimum Gasteiger partial charge on any atom is -0.458 e. The van der Waals surface area contributed by atoms with Gasteiger partial charge in [0.15, 0.2) is 0 Å². The van der Waals surface area contributed by atoms with Crippen molar-refractivity contribution in [2.45, 2.75) is 84.0 Å². The van der Waals surface area contributed by atoms with Crippen LogP contribution in [-0.2, 0) is 20.9 Å². The minimum atomic E-state index is -0.0469. The fourth-order valence-electron chi connectivity index (χ4n) is 3.30. The molecule has 0 saturated carbocycles. The summed E-state index contributed by atoms with van der Waals surface area (Å²) in [5, 5.41) is 0. The van der Waals surface area contributed by atoms with Crippen LogP contribution < -0.4 is 0 Å². The number of carbonyl (C=O) groups excluding carboxylic acids is 1. The van der Waals surface area contributed by atoms with Gasteiger partial charge in [0.1, 0.15) is 6.10 Å².